The van der Waals surface area contributed by atoms with Gasteiger partial charge in [0, 0.05) is 20.1 Å². The number of rotatable bonds is 8. The standard InChI is InChI=1S/C15H25FN2O2S/c1-5-8-17-10-13-6-7-15(14(16)9-13)21(19,20)18(4)11-12(2)3/h6-7,9,12,17H,5,8,10-11H2,1-4H3. The van der Waals surface area contributed by atoms with Gasteiger partial charge in [0.2, 0.25) is 10.0 Å². The van der Waals surface area contributed by atoms with Gasteiger partial charge in [-0.3, -0.25) is 0 Å². The van der Waals surface area contributed by atoms with Crippen LogP contribution < -0.4 is 5.32 Å². The second-order valence-electron chi connectivity index (χ2n) is 5.62. The van der Waals surface area contributed by atoms with Gasteiger partial charge < -0.3 is 5.32 Å². The summed E-state index contributed by atoms with van der Waals surface area (Å²) in [4.78, 5) is -0.259. The van der Waals surface area contributed by atoms with Crippen molar-refractivity contribution in [2.75, 3.05) is 20.1 Å². The number of sulfonamides is 1. The zero-order chi connectivity index (χ0) is 16.0. The maximum Gasteiger partial charge on any atom is 0.245 e. The molecule has 0 radical (unpaired) electrons. The van der Waals surface area contributed by atoms with E-state index in [0.29, 0.717) is 13.1 Å². The van der Waals surface area contributed by atoms with Gasteiger partial charge in [-0.05, 0) is 36.6 Å². The predicted molar refractivity (Wildman–Crippen MR) is 83.1 cm³/mol. The van der Waals surface area contributed by atoms with Crippen molar-refractivity contribution in [2.24, 2.45) is 5.92 Å². The average molecular weight is 316 g/mol. The lowest BCUT2D eigenvalue weighted by Crippen LogP contribution is -2.31. The Hall–Kier alpha value is -0.980. The topological polar surface area (TPSA) is 49.4 Å². The Bertz CT molecular complexity index is 559. The van der Waals surface area contributed by atoms with Gasteiger partial charge in [-0.15, -0.1) is 0 Å². The van der Waals surface area contributed by atoms with E-state index < -0.39 is 15.8 Å². The summed E-state index contributed by atoms with van der Waals surface area (Å²) in [6.45, 7) is 7.64. The molecule has 0 saturated heterocycles. The molecule has 1 aromatic rings. The molecule has 0 aromatic heterocycles. The van der Waals surface area contributed by atoms with E-state index in [9.17, 15) is 12.8 Å². The van der Waals surface area contributed by atoms with Crippen molar-refractivity contribution in [2.45, 2.75) is 38.6 Å². The number of hydrogen-bond donors (Lipinski definition) is 1. The molecule has 0 unspecified atom stereocenters. The molecule has 0 amide bonds. The third-order valence-electron chi connectivity index (χ3n) is 3.06. The van der Waals surface area contributed by atoms with Gasteiger partial charge in [0.1, 0.15) is 10.7 Å². The van der Waals surface area contributed by atoms with E-state index in [1.54, 1.807) is 6.07 Å². The molecule has 0 aliphatic heterocycles. The monoisotopic (exact) mass is 316 g/mol. The fourth-order valence-electron chi connectivity index (χ4n) is 2.05. The summed E-state index contributed by atoms with van der Waals surface area (Å²) in [5, 5.41) is 3.16. The van der Waals surface area contributed by atoms with Gasteiger partial charge in [-0.25, -0.2) is 17.1 Å². The molecule has 21 heavy (non-hydrogen) atoms. The highest BCUT2D eigenvalue weighted by Crippen LogP contribution is 2.20. The Morgan fingerprint density at radius 2 is 2.00 bits per heavy atom. The molecule has 4 nitrogen and oxygen atoms in total. The maximum atomic E-state index is 14.1. The Balaban J connectivity index is 2.93. The molecule has 0 atom stereocenters. The zero-order valence-corrected chi connectivity index (χ0v) is 14.0. The van der Waals surface area contributed by atoms with E-state index in [0.717, 1.165) is 18.5 Å². The molecule has 0 heterocycles. The third kappa shape index (κ3) is 5.05. The fourth-order valence-corrected chi connectivity index (χ4v) is 3.43. The SMILES string of the molecule is CCCNCc1ccc(S(=O)(=O)N(C)CC(C)C)c(F)c1. The van der Waals surface area contributed by atoms with Crippen LogP contribution in [0.3, 0.4) is 0 Å². The molecule has 0 aliphatic rings. The summed E-state index contributed by atoms with van der Waals surface area (Å²) in [6.07, 6.45) is 0.995. The lowest BCUT2D eigenvalue weighted by Gasteiger charge is -2.19. The Kier molecular flexibility index (Phi) is 6.77. The van der Waals surface area contributed by atoms with Gasteiger partial charge in [0.25, 0.3) is 0 Å². The van der Waals surface area contributed by atoms with Crippen molar-refractivity contribution in [3.05, 3.63) is 29.6 Å². The number of nitrogens with one attached hydrogen (secondary N) is 1. The van der Waals surface area contributed by atoms with Crippen LogP contribution in [0, 0.1) is 11.7 Å². The van der Waals surface area contributed by atoms with Gasteiger partial charge in [-0.2, -0.15) is 0 Å². The van der Waals surface area contributed by atoms with E-state index in [-0.39, 0.29) is 10.8 Å². The Labute approximate surface area is 127 Å². The first-order valence-corrected chi connectivity index (χ1v) is 8.68. The largest absolute Gasteiger partial charge is 0.313 e. The number of nitrogens with zero attached hydrogens (tertiary/aromatic N) is 1. The van der Waals surface area contributed by atoms with Crippen LogP contribution in [0.2, 0.25) is 0 Å². The molecule has 0 saturated carbocycles. The molecule has 0 spiro atoms. The molecule has 0 bridgehead atoms. The van der Waals surface area contributed by atoms with Crippen LogP contribution in [0.4, 0.5) is 4.39 Å². The van der Waals surface area contributed by atoms with Crippen LogP contribution in [0.5, 0.6) is 0 Å². The van der Waals surface area contributed by atoms with Crippen molar-refractivity contribution in [1.82, 2.24) is 9.62 Å². The van der Waals surface area contributed by atoms with Crippen LogP contribution >= 0.6 is 0 Å². The molecule has 0 fully saturated rings. The minimum atomic E-state index is -3.77. The highest BCUT2D eigenvalue weighted by atomic mass is 32.2. The summed E-state index contributed by atoms with van der Waals surface area (Å²) in [5.41, 5.74) is 0.742. The summed E-state index contributed by atoms with van der Waals surface area (Å²) >= 11 is 0. The predicted octanol–water partition coefficient (Wildman–Crippen LogP) is 2.60. The third-order valence-corrected chi connectivity index (χ3v) is 4.92. The Morgan fingerprint density at radius 1 is 1.33 bits per heavy atom. The molecule has 120 valence electrons. The van der Waals surface area contributed by atoms with Crippen molar-refractivity contribution in [1.29, 1.82) is 0 Å². The van der Waals surface area contributed by atoms with Gasteiger partial charge in [0.15, 0.2) is 0 Å². The first kappa shape index (κ1) is 18.1. The average Bonchev–Trinajstić information content (AvgIpc) is 2.38. The normalized spacial score (nSPS) is 12.3. The lowest BCUT2D eigenvalue weighted by molar-refractivity contribution is 0.414. The van der Waals surface area contributed by atoms with Crippen LogP contribution in [-0.4, -0.2) is 32.9 Å². The van der Waals surface area contributed by atoms with Gasteiger partial charge >= 0.3 is 0 Å². The summed E-state index contributed by atoms with van der Waals surface area (Å²) in [6, 6.07) is 4.30. The highest BCUT2D eigenvalue weighted by Gasteiger charge is 2.24. The molecular formula is C15H25FN2O2S. The van der Waals surface area contributed by atoms with Crippen LogP contribution in [-0.2, 0) is 16.6 Å². The van der Waals surface area contributed by atoms with Crippen LogP contribution in [0.25, 0.3) is 0 Å². The highest BCUT2D eigenvalue weighted by molar-refractivity contribution is 7.89. The first-order chi connectivity index (χ1) is 9.78. The summed E-state index contributed by atoms with van der Waals surface area (Å²) < 4.78 is 40.0. The van der Waals surface area contributed by atoms with Crippen molar-refractivity contribution in [3.63, 3.8) is 0 Å². The zero-order valence-electron chi connectivity index (χ0n) is 13.2. The van der Waals surface area contributed by atoms with Crippen molar-refractivity contribution < 1.29 is 12.8 Å². The van der Waals surface area contributed by atoms with E-state index in [1.807, 2.05) is 20.8 Å². The summed E-state index contributed by atoms with van der Waals surface area (Å²) in [7, 11) is -2.29. The van der Waals surface area contributed by atoms with E-state index >= 15 is 0 Å². The van der Waals surface area contributed by atoms with Crippen LogP contribution in [0.15, 0.2) is 23.1 Å². The quantitative estimate of drug-likeness (QED) is 0.750. The second-order valence-corrected chi connectivity index (χ2v) is 7.63. The van der Waals surface area contributed by atoms with Crippen LogP contribution in [0.1, 0.15) is 32.8 Å². The second kappa shape index (κ2) is 7.87. The van der Waals surface area contributed by atoms with Gasteiger partial charge in [0.05, 0.1) is 0 Å². The number of halogens is 1. The Morgan fingerprint density at radius 3 is 2.52 bits per heavy atom. The van der Waals surface area contributed by atoms with Crippen molar-refractivity contribution in [3.8, 4) is 0 Å². The number of hydrogen-bond acceptors (Lipinski definition) is 3. The molecular weight excluding hydrogens is 291 g/mol. The minimum absolute atomic E-state index is 0.186. The molecule has 1 aromatic carbocycles. The van der Waals surface area contributed by atoms with E-state index in [4.69, 9.17) is 0 Å². The number of benzene rings is 1. The van der Waals surface area contributed by atoms with Crippen molar-refractivity contribution >= 4 is 10.0 Å². The maximum absolute atomic E-state index is 14.1. The van der Waals surface area contributed by atoms with E-state index in [1.165, 1.54) is 23.5 Å². The first-order valence-electron chi connectivity index (χ1n) is 7.24. The fraction of sp³-hybridized carbons (Fsp3) is 0.600. The molecule has 0 aliphatic carbocycles. The molecule has 6 heteroatoms. The van der Waals surface area contributed by atoms with E-state index in [2.05, 4.69) is 5.32 Å². The molecule has 1 rings (SSSR count). The smallest absolute Gasteiger partial charge is 0.245 e. The minimum Gasteiger partial charge on any atom is -0.313 e. The summed E-state index contributed by atoms with van der Waals surface area (Å²) in [5.74, 6) is -0.508. The molecule has 1 N–H and O–H groups in total. The van der Waals surface area contributed by atoms with Gasteiger partial charge in [-0.1, -0.05) is 26.8 Å². The lowest BCUT2D eigenvalue weighted by atomic mass is 10.2.